The highest BCUT2D eigenvalue weighted by Crippen LogP contribution is 2.34. The van der Waals surface area contributed by atoms with Gasteiger partial charge in [-0.3, -0.25) is 9.69 Å². The van der Waals surface area contributed by atoms with Crippen LogP contribution >= 0.6 is 47.2 Å². The van der Waals surface area contributed by atoms with Crippen LogP contribution in [0.15, 0.2) is 41.3 Å². The second kappa shape index (κ2) is 10.3. The average Bonchev–Trinajstić information content (AvgIpc) is 3.05. The molecule has 0 radical (unpaired) electrons. The molecule has 0 saturated carbocycles. The molecule has 0 unspecified atom stereocenters. The lowest BCUT2D eigenvalue weighted by atomic mass is 10.0. The first-order chi connectivity index (χ1) is 15.0. The molecule has 2 aromatic carbocycles. The van der Waals surface area contributed by atoms with Gasteiger partial charge in [0.2, 0.25) is 0 Å². The van der Waals surface area contributed by atoms with Gasteiger partial charge in [0.25, 0.3) is 5.91 Å². The van der Waals surface area contributed by atoms with Gasteiger partial charge < -0.3 is 14.8 Å². The maximum atomic E-state index is 12.2. The van der Waals surface area contributed by atoms with Crippen LogP contribution in [-0.2, 0) is 9.53 Å². The molecule has 4 rings (SSSR count). The van der Waals surface area contributed by atoms with Crippen molar-refractivity contribution < 1.29 is 14.3 Å². The summed E-state index contributed by atoms with van der Waals surface area (Å²) >= 11 is 18.7. The molecular formula is C22H20Cl2N2O3S2. The molecule has 31 heavy (non-hydrogen) atoms. The molecule has 5 nitrogen and oxygen atoms in total. The molecule has 1 N–H and O–H groups in total. The maximum Gasteiger partial charge on any atom is 0.263 e. The fraction of sp³-hybridized carbons (Fsp3) is 0.273. The third-order valence-corrected chi connectivity index (χ3v) is 6.50. The molecule has 2 heterocycles. The van der Waals surface area contributed by atoms with E-state index in [1.54, 1.807) is 12.1 Å². The van der Waals surface area contributed by atoms with Crippen molar-refractivity contribution in [3.8, 4) is 16.9 Å². The Morgan fingerprint density at radius 3 is 2.55 bits per heavy atom. The largest absolute Gasteiger partial charge is 0.492 e. The molecule has 0 atom stereocenters. The van der Waals surface area contributed by atoms with Crippen LogP contribution in [0, 0.1) is 0 Å². The predicted octanol–water partition coefficient (Wildman–Crippen LogP) is 4.86. The van der Waals surface area contributed by atoms with E-state index in [9.17, 15) is 4.79 Å². The second-order valence-electron chi connectivity index (χ2n) is 7.07. The topological polar surface area (TPSA) is 50.8 Å². The summed E-state index contributed by atoms with van der Waals surface area (Å²) in [6.45, 7) is 4.66. The molecule has 0 spiro atoms. The molecule has 2 aliphatic rings. The molecule has 0 aromatic heterocycles. The van der Waals surface area contributed by atoms with Gasteiger partial charge in [0.15, 0.2) is 0 Å². The van der Waals surface area contributed by atoms with Crippen molar-refractivity contribution in [2.24, 2.45) is 0 Å². The van der Waals surface area contributed by atoms with Crippen LogP contribution < -0.4 is 10.1 Å². The number of benzene rings is 2. The summed E-state index contributed by atoms with van der Waals surface area (Å²) in [5.41, 5.74) is 2.59. The highest BCUT2D eigenvalue weighted by Gasteiger charge is 2.23. The Morgan fingerprint density at radius 1 is 1.13 bits per heavy atom. The SMILES string of the molecule is O=C1NC(=S)S/C1=C\c1cc(-c2cc(Cl)cc(Cl)c2)ccc1OCCN1CCOCC1. The molecule has 0 aliphatic carbocycles. The minimum atomic E-state index is -0.203. The van der Waals surface area contributed by atoms with Crippen molar-refractivity contribution in [3.05, 3.63) is 56.9 Å². The normalized spacial score (nSPS) is 18.5. The average molecular weight is 495 g/mol. The highest BCUT2D eigenvalue weighted by molar-refractivity contribution is 8.26. The van der Waals surface area contributed by atoms with Crippen molar-refractivity contribution in [1.29, 1.82) is 0 Å². The molecule has 2 saturated heterocycles. The van der Waals surface area contributed by atoms with E-state index >= 15 is 0 Å². The number of morpholine rings is 1. The summed E-state index contributed by atoms with van der Waals surface area (Å²) in [6.07, 6.45) is 1.80. The van der Waals surface area contributed by atoms with Crippen LogP contribution in [0.1, 0.15) is 5.56 Å². The van der Waals surface area contributed by atoms with Crippen molar-refractivity contribution in [2.45, 2.75) is 0 Å². The van der Waals surface area contributed by atoms with Gasteiger partial charge in [-0.15, -0.1) is 0 Å². The standard InChI is InChI=1S/C22H20Cl2N2O3S2/c23-17-10-15(11-18(24)13-17)14-1-2-19(29-8-5-26-3-6-28-7-4-26)16(9-14)12-20-21(27)25-22(30)31-20/h1-2,9-13H,3-8H2,(H,25,27,30)/b20-12-. The van der Waals surface area contributed by atoms with Crippen molar-refractivity contribution in [1.82, 2.24) is 10.2 Å². The molecular weight excluding hydrogens is 475 g/mol. The van der Waals surface area contributed by atoms with Crippen molar-refractivity contribution >= 4 is 63.5 Å². The molecule has 162 valence electrons. The summed E-state index contributed by atoms with van der Waals surface area (Å²) < 4.78 is 11.9. The number of thiocarbonyl (C=S) groups is 1. The lowest BCUT2D eigenvalue weighted by molar-refractivity contribution is -0.115. The number of rotatable bonds is 6. The second-order valence-corrected chi connectivity index (χ2v) is 9.66. The number of halogens is 2. The lowest BCUT2D eigenvalue weighted by Gasteiger charge is -2.26. The van der Waals surface area contributed by atoms with Gasteiger partial charge in [0.1, 0.15) is 16.7 Å². The number of carbonyl (C=O) groups is 1. The first-order valence-electron chi connectivity index (χ1n) is 9.76. The van der Waals surface area contributed by atoms with Gasteiger partial charge in [-0.1, -0.05) is 53.2 Å². The first kappa shape index (κ1) is 22.6. The smallest absolute Gasteiger partial charge is 0.263 e. The molecule has 0 bridgehead atoms. The Bertz CT molecular complexity index is 1020. The third kappa shape index (κ3) is 6.00. The van der Waals surface area contributed by atoms with Gasteiger partial charge in [-0.05, 0) is 47.5 Å². The number of amides is 1. The Kier molecular flexibility index (Phi) is 7.53. The van der Waals surface area contributed by atoms with Gasteiger partial charge >= 0.3 is 0 Å². The minimum Gasteiger partial charge on any atom is -0.492 e. The van der Waals surface area contributed by atoms with E-state index in [1.807, 2.05) is 30.3 Å². The van der Waals surface area contributed by atoms with Crippen LogP contribution in [-0.4, -0.2) is 54.6 Å². The van der Waals surface area contributed by atoms with Gasteiger partial charge in [-0.2, -0.15) is 0 Å². The zero-order valence-electron chi connectivity index (χ0n) is 16.5. The number of nitrogens with zero attached hydrogens (tertiary/aromatic N) is 1. The van der Waals surface area contributed by atoms with Gasteiger partial charge in [-0.25, -0.2) is 0 Å². The van der Waals surface area contributed by atoms with Crippen LogP contribution in [0.2, 0.25) is 10.0 Å². The van der Waals surface area contributed by atoms with Crippen LogP contribution in [0.25, 0.3) is 17.2 Å². The van der Waals surface area contributed by atoms with E-state index in [2.05, 4.69) is 10.2 Å². The summed E-state index contributed by atoms with van der Waals surface area (Å²) in [4.78, 5) is 15.0. The first-order valence-corrected chi connectivity index (χ1v) is 11.7. The lowest BCUT2D eigenvalue weighted by Crippen LogP contribution is -2.38. The van der Waals surface area contributed by atoms with E-state index in [-0.39, 0.29) is 5.91 Å². The summed E-state index contributed by atoms with van der Waals surface area (Å²) in [5.74, 6) is 0.495. The van der Waals surface area contributed by atoms with E-state index in [4.69, 9.17) is 44.9 Å². The quantitative estimate of drug-likeness (QED) is 0.457. The number of thioether (sulfide) groups is 1. The molecule has 2 aliphatic heterocycles. The Labute approximate surface area is 200 Å². The summed E-state index contributed by atoms with van der Waals surface area (Å²) in [6, 6.07) is 11.2. The van der Waals surface area contributed by atoms with Crippen LogP contribution in [0.3, 0.4) is 0 Å². The monoisotopic (exact) mass is 494 g/mol. The van der Waals surface area contributed by atoms with E-state index in [0.29, 0.717) is 31.6 Å². The van der Waals surface area contributed by atoms with Crippen LogP contribution in [0.4, 0.5) is 0 Å². The minimum absolute atomic E-state index is 0.203. The Balaban J connectivity index is 1.60. The molecule has 9 heteroatoms. The van der Waals surface area contributed by atoms with E-state index in [0.717, 1.165) is 49.5 Å². The zero-order valence-corrected chi connectivity index (χ0v) is 19.7. The maximum absolute atomic E-state index is 12.2. The number of nitrogens with one attached hydrogen (secondary N) is 1. The van der Waals surface area contributed by atoms with Gasteiger partial charge in [0, 0.05) is 35.2 Å². The summed E-state index contributed by atoms with van der Waals surface area (Å²) in [7, 11) is 0. The molecule has 2 aromatic rings. The highest BCUT2D eigenvalue weighted by atomic mass is 35.5. The Hall–Kier alpha value is -1.61. The number of ether oxygens (including phenoxy) is 2. The fourth-order valence-corrected chi connectivity index (χ4v) is 4.93. The molecule has 1 amide bonds. The predicted molar refractivity (Wildman–Crippen MR) is 131 cm³/mol. The number of hydrogen-bond donors (Lipinski definition) is 1. The van der Waals surface area contributed by atoms with Crippen molar-refractivity contribution in [3.63, 3.8) is 0 Å². The third-order valence-electron chi connectivity index (χ3n) is 4.90. The van der Waals surface area contributed by atoms with E-state index in [1.165, 1.54) is 11.8 Å². The molecule has 2 fully saturated rings. The Morgan fingerprint density at radius 2 is 1.87 bits per heavy atom. The zero-order chi connectivity index (χ0) is 21.8. The van der Waals surface area contributed by atoms with Crippen molar-refractivity contribution in [2.75, 3.05) is 39.5 Å². The number of carbonyl (C=O) groups excluding carboxylic acids is 1. The number of hydrogen-bond acceptors (Lipinski definition) is 6. The fourth-order valence-electron chi connectivity index (χ4n) is 3.36. The van der Waals surface area contributed by atoms with E-state index < -0.39 is 0 Å². The van der Waals surface area contributed by atoms with Gasteiger partial charge in [0.05, 0.1) is 18.1 Å². The summed E-state index contributed by atoms with van der Waals surface area (Å²) in [5, 5.41) is 3.77. The van der Waals surface area contributed by atoms with Crippen LogP contribution in [0.5, 0.6) is 5.75 Å².